The Labute approximate surface area is 121 Å². The topological polar surface area (TPSA) is 0 Å². The maximum atomic E-state index is 0. The molecule has 0 radical (unpaired) electrons. The summed E-state index contributed by atoms with van der Waals surface area (Å²) in [4.78, 5) is 0. The zero-order chi connectivity index (χ0) is 0. The number of rotatable bonds is 0. The molecule has 4 heavy (non-hydrogen) atoms. The molecule has 0 aliphatic rings. The van der Waals surface area contributed by atoms with Gasteiger partial charge in [0, 0.05) is 0 Å². The first-order chi connectivity index (χ1) is 0. The molecule has 0 spiro atoms. The van der Waals surface area contributed by atoms with E-state index in [1.54, 1.807) is 0 Å². The van der Waals surface area contributed by atoms with E-state index in [2.05, 4.69) is 0 Å². The first kappa shape index (κ1) is 24.9. The molecular formula is Ba2S2. The Morgan fingerprint density at radius 3 is 0.500 bits per heavy atom. The van der Waals surface area contributed by atoms with Gasteiger partial charge < -0.3 is 27.0 Å². The molecule has 0 aromatic rings. The molecule has 0 aliphatic heterocycles. The second-order valence-electron chi connectivity index (χ2n) is 0. The van der Waals surface area contributed by atoms with Crippen molar-refractivity contribution in [2.75, 3.05) is 0 Å². The van der Waals surface area contributed by atoms with Crippen molar-refractivity contribution >= 4 is 125 Å². The molecule has 0 aromatic heterocycles. The second-order valence-corrected chi connectivity index (χ2v) is 0. The summed E-state index contributed by atoms with van der Waals surface area (Å²) in [5.41, 5.74) is 0. The minimum Gasteiger partial charge on any atom is -2.00 e. The second kappa shape index (κ2) is 15.8. The normalized spacial score (nSPS) is 0. The van der Waals surface area contributed by atoms with Crippen molar-refractivity contribution in [3.8, 4) is 0 Å². The van der Waals surface area contributed by atoms with Gasteiger partial charge in [-0.05, 0) is 0 Å². The van der Waals surface area contributed by atoms with Crippen LogP contribution >= 0.6 is 0 Å². The zero-order valence-corrected chi connectivity index (χ0v) is 12.7. The summed E-state index contributed by atoms with van der Waals surface area (Å²) in [5.74, 6) is 0. The van der Waals surface area contributed by atoms with Crippen molar-refractivity contribution in [2.24, 2.45) is 0 Å². The third kappa shape index (κ3) is 9.28. The van der Waals surface area contributed by atoms with E-state index in [9.17, 15) is 0 Å². The molecule has 0 saturated carbocycles. The maximum absolute atomic E-state index is 0. The Bertz CT molecular complexity index is 4.00. The molecule has 0 unspecified atom stereocenters. The Hall–Kier alpha value is 3.84. The molecule has 0 aromatic carbocycles. The fraction of sp³-hybridized carbons (Fsp3) is 0. The summed E-state index contributed by atoms with van der Waals surface area (Å²) in [6.45, 7) is 0. The van der Waals surface area contributed by atoms with Crippen LogP contribution in [0.1, 0.15) is 0 Å². The van der Waals surface area contributed by atoms with Crippen molar-refractivity contribution in [3.63, 3.8) is 0 Å². The van der Waals surface area contributed by atoms with Crippen LogP contribution < -0.4 is 0 Å². The minimum absolute atomic E-state index is 0. The smallest absolute Gasteiger partial charge is 2.00 e. The molecule has 0 saturated heterocycles. The van der Waals surface area contributed by atoms with Crippen molar-refractivity contribution in [3.05, 3.63) is 0 Å². The van der Waals surface area contributed by atoms with E-state index < -0.39 is 0 Å². The molecule has 0 amide bonds. The van der Waals surface area contributed by atoms with Gasteiger partial charge in [0.05, 0.1) is 0 Å². The third-order valence-corrected chi connectivity index (χ3v) is 0. The minimum atomic E-state index is 0. The molecule has 0 rings (SSSR count). The average Bonchev–Trinajstić information content (AvgIpc) is 0. The van der Waals surface area contributed by atoms with Crippen molar-refractivity contribution in [1.29, 1.82) is 0 Å². The van der Waals surface area contributed by atoms with Gasteiger partial charge in [-0.15, -0.1) is 0 Å². The molecule has 16 valence electrons. The molecule has 0 nitrogen and oxygen atoms in total. The van der Waals surface area contributed by atoms with E-state index >= 15 is 0 Å². The first-order valence-electron chi connectivity index (χ1n) is 0. The van der Waals surface area contributed by atoms with Crippen molar-refractivity contribution in [2.45, 2.75) is 0 Å². The molecular weight excluding hydrogens is 339 g/mol. The Morgan fingerprint density at radius 2 is 0.500 bits per heavy atom. The van der Waals surface area contributed by atoms with E-state index in [1.165, 1.54) is 0 Å². The van der Waals surface area contributed by atoms with Crippen LogP contribution in [0.2, 0.25) is 0 Å². The van der Waals surface area contributed by atoms with Gasteiger partial charge in [0.1, 0.15) is 0 Å². The molecule has 0 atom stereocenters. The van der Waals surface area contributed by atoms with Gasteiger partial charge in [0.25, 0.3) is 0 Å². The van der Waals surface area contributed by atoms with Crippen LogP contribution in [0.15, 0.2) is 0 Å². The van der Waals surface area contributed by atoms with Crippen LogP contribution in [0, 0.1) is 0 Å². The first-order valence-corrected chi connectivity index (χ1v) is 0. The molecule has 0 N–H and O–H groups in total. The van der Waals surface area contributed by atoms with Crippen molar-refractivity contribution in [1.82, 2.24) is 0 Å². The molecule has 0 aliphatic carbocycles. The van der Waals surface area contributed by atoms with Crippen molar-refractivity contribution < 1.29 is 0 Å². The molecule has 0 fully saturated rings. The molecule has 4 heteroatoms. The van der Waals surface area contributed by atoms with E-state index in [0.717, 1.165) is 0 Å². The summed E-state index contributed by atoms with van der Waals surface area (Å²) in [7, 11) is 0. The standard InChI is InChI=1S/2Ba.2S/q2*+2;2*-2. The SMILES string of the molecule is [Ba+2].[Ba+2].[S-2].[S-2]. The maximum Gasteiger partial charge on any atom is 2.00 e. The van der Waals surface area contributed by atoms with E-state index in [0.29, 0.717) is 0 Å². The summed E-state index contributed by atoms with van der Waals surface area (Å²) in [5, 5.41) is 0. The fourth-order valence-electron chi connectivity index (χ4n) is 0. The van der Waals surface area contributed by atoms with Gasteiger partial charge in [-0.3, -0.25) is 0 Å². The van der Waals surface area contributed by atoms with Crippen LogP contribution in [-0.2, 0) is 27.0 Å². The summed E-state index contributed by atoms with van der Waals surface area (Å²) in [6.07, 6.45) is 0. The third-order valence-electron chi connectivity index (χ3n) is 0. The fourth-order valence-corrected chi connectivity index (χ4v) is 0. The Kier molecular flexibility index (Phi) is 98.3. The summed E-state index contributed by atoms with van der Waals surface area (Å²) >= 11 is 0. The summed E-state index contributed by atoms with van der Waals surface area (Å²) in [6, 6.07) is 0. The van der Waals surface area contributed by atoms with Crippen LogP contribution in [0.3, 0.4) is 0 Å². The largest absolute Gasteiger partial charge is 2.00 e. The van der Waals surface area contributed by atoms with E-state index in [1.807, 2.05) is 0 Å². The quantitative estimate of drug-likeness (QED) is 0.509. The van der Waals surface area contributed by atoms with Crippen LogP contribution in [0.4, 0.5) is 0 Å². The average molecular weight is 339 g/mol. The monoisotopic (exact) mass is 340 g/mol. The van der Waals surface area contributed by atoms with E-state index in [-0.39, 0.29) is 125 Å². The van der Waals surface area contributed by atoms with Crippen LogP contribution in [-0.4, -0.2) is 97.8 Å². The summed E-state index contributed by atoms with van der Waals surface area (Å²) < 4.78 is 0. The van der Waals surface area contributed by atoms with Crippen LogP contribution in [0.5, 0.6) is 0 Å². The van der Waals surface area contributed by atoms with Gasteiger partial charge in [0.15, 0.2) is 0 Å². The predicted molar refractivity (Wildman–Crippen MR) is 26.2 cm³/mol. The number of hydrogen-bond donors (Lipinski definition) is 0. The Balaban J connectivity index is 0. The molecule has 0 heterocycles. The predicted octanol–water partition coefficient (Wildman–Crippen LogP) is -0.766. The van der Waals surface area contributed by atoms with E-state index in [4.69, 9.17) is 0 Å². The van der Waals surface area contributed by atoms with Gasteiger partial charge in [-0.25, -0.2) is 0 Å². The Morgan fingerprint density at radius 1 is 0.500 bits per heavy atom. The number of hydrogen-bond acceptors (Lipinski definition) is 0. The van der Waals surface area contributed by atoms with Gasteiger partial charge in [-0.2, -0.15) is 0 Å². The van der Waals surface area contributed by atoms with Gasteiger partial charge in [0.2, 0.25) is 0 Å². The van der Waals surface area contributed by atoms with Crippen LogP contribution in [0.25, 0.3) is 0 Å². The van der Waals surface area contributed by atoms with Gasteiger partial charge >= 0.3 is 97.8 Å². The molecule has 0 bridgehead atoms. The zero-order valence-electron chi connectivity index (χ0n) is 2.23. The van der Waals surface area contributed by atoms with Gasteiger partial charge in [-0.1, -0.05) is 0 Å².